The number of likely N-dealkylation sites (N-methyl/N-ethyl adjacent to an activating group) is 1. The second-order valence-corrected chi connectivity index (χ2v) is 13.8. The molecule has 0 radical (unpaired) electrons. The maximum absolute atomic E-state index is 14.4. The Morgan fingerprint density at radius 2 is 1.84 bits per heavy atom. The molecule has 4 rings (SSSR count). The minimum atomic E-state index is -3.44. The zero-order valence-electron chi connectivity index (χ0n) is 21.9. The number of halogens is 2. The predicted octanol–water partition coefficient (Wildman–Crippen LogP) is 5.81. The van der Waals surface area contributed by atoms with Gasteiger partial charge in [0.15, 0.2) is 0 Å². The normalized spacial score (nSPS) is 25.0. The fourth-order valence-corrected chi connectivity index (χ4v) is 7.72. The number of carbonyl (C=O) groups is 1. The van der Waals surface area contributed by atoms with Gasteiger partial charge in [0.05, 0.1) is 23.3 Å². The summed E-state index contributed by atoms with van der Waals surface area (Å²) in [5.41, 5.74) is 0.758. The van der Waals surface area contributed by atoms with Crippen molar-refractivity contribution >= 4 is 39.1 Å². The molecule has 0 aromatic heterocycles. The Kier molecular flexibility index (Phi) is 8.95. The number of hydrogen-bond acceptors (Lipinski definition) is 4. The van der Waals surface area contributed by atoms with E-state index in [1.807, 2.05) is 48.2 Å². The number of likely N-dealkylation sites (tertiary alicyclic amines) is 1. The monoisotopic (exact) mass is 578 g/mol. The zero-order valence-corrected chi connectivity index (χ0v) is 24.2. The average Bonchev–Trinajstić information content (AvgIpc) is 3.75. The molecular formula is C29H36Cl2N2O4S. The van der Waals surface area contributed by atoms with Crippen LogP contribution in [0.4, 0.5) is 0 Å². The van der Waals surface area contributed by atoms with E-state index in [1.54, 1.807) is 25.3 Å². The highest BCUT2D eigenvalue weighted by atomic mass is 35.5. The molecule has 1 heterocycles. The molecule has 6 nitrogen and oxygen atoms in total. The van der Waals surface area contributed by atoms with Crippen LogP contribution in [0, 0.1) is 5.41 Å². The molecule has 4 atom stereocenters. The lowest BCUT2D eigenvalue weighted by Gasteiger charge is -2.53. The molecule has 206 valence electrons. The predicted molar refractivity (Wildman–Crippen MR) is 153 cm³/mol. The van der Waals surface area contributed by atoms with Gasteiger partial charge in [-0.1, -0.05) is 60.5 Å². The number of allylic oxidation sites excluding steroid dienone is 1. The Bertz CT molecular complexity index is 1270. The van der Waals surface area contributed by atoms with Gasteiger partial charge in [0.2, 0.25) is 15.9 Å². The van der Waals surface area contributed by atoms with Crippen LogP contribution >= 0.6 is 23.2 Å². The molecule has 1 aliphatic carbocycles. The van der Waals surface area contributed by atoms with Crippen molar-refractivity contribution in [3.8, 4) is 0 Å². The molecule has 2 fully saturated rings. The van der Waals surface area contributed by atoms with Crippen LogP contribution in [0.1, 0.15) is 62.1 Å². The fraction of sp³-hybridized carbons (Fsp3) is 0.483. The van der Waals surface area contributed by atoms with Gasteiger partial charge in [-0.25, -0.2) is 12.7 Å². The third-order valence-electron chi connectivity index (χ3n) is 8.02. The van der Waals surface area contributed by atoms with E-state index in [0.717, 1.165) is 11.1 Å². The Labute approximate surface area is 236 Å². The molecule has 38 heavy (non-hydrogen) atoms. The Hall–Kier alpha value is -1.90. The summed E-state index contributed by atoms with van der Waals surface area (Å²) in [6.07, 6.45) is 4.25. The highest BCUT2D eigenvalue weighted by Crippen LogP contribution is 2.52. The largest absolute Gasteiger partial charge is 0.395 e. The lowest BCUT2D eigenvalue weighted by Crippen LogP contribution is -2.59. The molecule has 1 saturated carbocycles. The van der Waals surface area contributed by atoms with Crippen LogP contribution in [0.5, 0.6) is 0 Å². The summed E-state index contributed by atoms with van der Waals surface area (Å²) >= 11 is 12.6. The first-order valence-corrected chi connectivity index (χ1v) is 15.3. The van der Waals surface area contributed by atoms with E-state index in [-0.39, 0.29) is 30.2 Å². The van der Waals surface area contributed by atoms with Crippen LogP contribution in [0.3, 0.4) is 0 Å². The van der Waals surface area contributed by atoms with E-state index < -0.39 is 27.5 Å². The van der Waals surface area contributed by atoms with Gasteiger partial charge in [0.25, 0.3) is 0 Å². The topological polar surface area (TPSA) is 77.9 Å². The molecule has 1 unspecified atom stereocenters. The third-order valence-corrected chi connectivity index (χ3v) is 10.8. The van der Waals surface area contributed by atoms with Gasteiger partial charge in [-0.3, -0.25) is 4.79 Å². The summed E-state index contributed by atoms with van der Waals surface area (Å²) in [5, 5.41) is 11.5. The van der Waals surface area contributed by atoms with Crippen molar-refractivity contribution < 1.29 is 18.3 Å². The van der Waals surface area contributed by atoms with Crippen molar-refractivity contribution in [1.82, 2.24) is 9.21 Å². The minimum Gasteiger partial charge on any atom is -0.395 e. The van der Waals surface area contributed by atoms with E-state index in [1.165, 1.54) is 4.31 Å². The summed E-state index contributed by atoms with van der Waals surface area (Å²) < 4.78 is 27.5. The average molecular weight is 580 g/mol. The Morgan fingerprint density at radius 1 is 1.16 bits per heavy atom. The van der Waals surface area contributed by atoms with Crippen molar-refractivity contribution in [3.05, 3.63) is 82.4 Å². The van der Waals surface area contributed by atoms with Crippen LogP contribution in [0.25, 0.3) is 0 Å². The summed E-state index contributed by atoms with van der Waals surface area (Å²) in [7, 11) is -1.84. The molecular weight excluding hydrogens is 543 g/mol. The first-order chi connectivity index (χ1) is 18.1. The second-order valence-electron chi connectivity index (χ2n) is 10.6. The number of aliphatic hydroxyl groups is 1. The first kappa shape index (κ1) is 29.1. The molecule has 1 N–H and O–H groups in total. The second kappa shape index (κ2) is 11.7. The summed E-state index contributed by atoms with van der Waals surface area (Å²) in [5.74, 6) is -0.402. The fourth-order valence-electron chi connectivity index (χ4n) is 5.78. The highest BCUT2D eigenvalue weighted by Gasteiger charge is 2.53. The molecule has 0 spiro atoms. The van der Waals surface area contributed by atoms with Crippen molar-refractivity contribution in [2.75, 3.05) is 20.2 Å². The first-order valence-electron chi connectivity index (χ1n) is 13.1. The summed E-state index contributed by atoms with van der Waals surface area (Å²) in [6, 6.07) is 14.2. The molecule has 1 aliphatic heterocycles. The molecule has 0 bridgehead atoms. The SMILES string of the molecule is C=CC[C@@]1(CO)C[C@H](c2cccc(Cl)c2)[C@@H](c2ccc(Cl)cc2)N(C(CC)CN(C)S(=O)(=O)C2CC2)C1=O. The van der Waals surface area contributed by atoms with Crippen molar-refractivity contribution in [1.29, 1.82) is 0 Å². The van der Waals surface area contributed by atoms with Gasteiger partial charge < -0.3 is 10.0 Å². The Morgan fingerprint density at radius 3 is 2.39 bits per heavy atom. The lowest BCUT2D eigenvalue weighted by atomic mass is 9.66. The summed E-state index contributed by atoms with van der Waals surface area (Å²) in [6.45, 7) is 5.66. The van der Waals surface area contributed by atoms with E-state index in [0.29, 0.717) is 42.1 Å². The zero-order chi connectivity index (χ0) is 27.7. The molecule has 1 saturated heterocycles. The van der Waals surface area contributed by atoms with Crippen LogP contribution in [0.2, 0.25) is 10.0 Å². The van der Waals surface area contributed by atoms with Gasteiger partial charge in [-0.05, 0) is 67.5 Å². The van der Waals surface area contributed by atoms with E-state index >= 15 is 0 Å². The van der Waals surface area contributed by atoms with Crippen LogP contribution < -0.4 is 0 Å². The smallest absolute Gasteiger partial charge is 0.232 e. The van der Waals surface area contributed by atoms with Crippen molar-refractivity contribution in [3.63, 3.8) is 0 Å². The number of nitrogens with zero attached hydrogens (tertiary/aromatic N) is 2. The number of sulfonamides is 1. The minimum absolute atomic E-state index is 0.170. The number of benzene rings is 2. The molecule has 2 aromatic carbocycles. The van der Waals surface area contributed by atoms with E-state index in [9.17, 15) is 18.3 Å². The number of rotatable bonds is 11. The van der Waals surface area contributed by atoms with Gasteiger partial charge in [-0.15, -0.1) is 6.58 Å². The highest BCUT2D eigenvalue weighted by molar-refractivity contribution is 7.90. The number of piperidine rings is 1. The van der Waals surface area contributed by atoms with E-state index in [4.69, 9.17) is 23.2 Å². The summed E-state index contributed by atoms with van der Waals surface area (Å²) in [4.78, 5) is 16.3. The van der Waals surface area contributed by atoms with Crippen LogP contribution in [-0.2, 0) is 14.8 Å². The van der Waals surface area contributed by atoms with Gasteiger partial charge >= 0.3 is 0 Å². The van der Waals surface area contributed by atoms with Gasteiger partial charge in [-0.2, -0.15) is 0 Å². The van der Waals surface area contributed by atoms with Crippen molar-refractivity contribution in [2.24, 2.45) is 5.41 Å². The maximum atomic E-state index is 14.4. The number of hydrogen-bond donors (Lipinski definition) is 1. The van der Waals surface area contributed by atoms with Gasteiger partial charge in [0.1, 0.15) is 0 Å². The molecule has 2 aromatic rings. The molecule has 2 aliphatic rings. The number of carbonyl (C=O) groups excluding carboxylic acids is 1. The van der Waals surface area contributed by atoms with Crippen molar-refractivity contribution in [2.45, 2.75) is 62.3 Å². The Balaban J connectivity index is 1.87. The quantitative estimate of drug-likeness (QED) is 0.341. The standard InChI is InChI=1S/C29H36Cl2N2O4S/c1-4-15-29(19-34)17-26(21-7-6-8-23(31)16-21)27(20-9-11-22(30)12-10-20)33(28(29)35)24(5-2)18-32(3)38(36,37)25-13-14-25/h4,6-12,16,24-27,34H,1,5,13-15,17-19H2,2-3H3/t24?,26-,27-,29+/m1/s1. The lowest BCUT2D eigenvalue weighted by molar-refractivity contribution is -0.159. The van der Waals surface area contributed by atoms with Crippen LogP contribution in [0.15, 0.2) is 61.2 Å². The number of aliphatic hydroxyl groups excluding tert-OH is 1. The maximum Gasteiger partial charge on any atom is 0.232 e. The van der Waals surface area contributed by atoms with Crippen LogP contribution in [-0.4, -0.2) is 60.1 Å². The van der Waals surface area contributed by atoms with E-state index in [2.05, 4.69) is 6.58 Å². The van der Waals surface area contributed by atoms with Gasteiger partial charge in [0, 0.05) is 35.6 Å². The molecule has 1 amide bonds. The molecule has 9 heteroatoms. The third kappa shape index (κ3) is 5.68. The number of amides is 1.